The second kappa shape index (κ2) is 3.76. The number of hydrogen-bond donors (Lipinski definition) is 0. The average molecular weight is 211 g/mol. The van der Waals surface area contributed by atoms with E-state index in [2.05, 4.69) is 32.5 Å². The summed E-state index contributed by atoms with van der Waals surface area (Å²) in [7, 11) is -0.129. The molecule has 0 aliphatic carbocycles. The van der Waals surface area contributed by atoms with Gasteiger partial charge in [0.05, 0.1) is 13.2 Å². The molecule has 0 amide bonds. The van der Waals surface area contributed by atoms with Crippen molar-refractivity contribution in [1.82, 2.24) is 4.81 Å². The third kappa shape index (κ3) is 2.08. The maximum atomic E-state index is 5.67. The highest BCUT2D eigenvalue weighted by Gasteiger charge is 2.50. The molecule has 2 rings (SSSR count). The minimum atomic E-state index is -0.129. The smallest absolute Gasteiger partial charge is 0.395 e. The summed E-state index contributed by atoms with van der Waals surface area (Å²) in [6.45, 7) is 10.6. The molecule has 0 atom stereocenters. The van der Waals surface area contributed by atoms with Crippen LogP contribution in [0.5, 0.6) is 0 Å². The van der Waals surface area contributed by atoms with Crippen molar-refractivity contribution in [2.45, 2.75) is 58.0 Å². The molecule has 2 fully saturated rings. The van der Waals surface area contributed by atoms with Gasteiger partial charge < -0.3 is 9.31 Å². The van der Waals surface area contributed by atoms with Crippen molar-refractivity contribution in [3.63, 3.8) is 0 Å². The van der Waals surface area contributed by atoms with Crippen molar-refractivity contribution in [2.75, 3.05) is 13.2 Å². The van der Waals surface area contributed by atoms with E-state index in [9.17, 15) is 0 Å². The van der Waals surface area contributed by atoms with Crippen molar-refractivity contribution < 1.29 is 9.31 Å². The monoisotopic (exact) mass is 211 g/mol. The molecule has 2 saturated heterocycles. The van der Waals surface area contributed by atoms with Crippen molar-refractivity contribution in [3.05, 3.63) is 0 Å². The van der Waals surface area contributed by atoms with Crippen molar-refractivity contribution >= 4 is 7.25 Å². The Morgan fingerprint density at radius 3 is 1.87 bits per heavy atom. The number of nitrogens with zero attached hydrogens (tertiary/aromatic N) is 1. The highest BCUT2D eigenvalue weighted by molar-refractivity contribution is 6.42. The van der Waals surface area contributed by atoms with Gasteiger partial charge in [-0.2, -0.15) is 0 Å². The molecule has 0 radical (unpaired) electrons. The molecule has 4 heteroatoms. The zero-order chi connectivity index (χ0) is 11.1. The number of rotatable bonds is 1. The van der Waals surface area contributed by atoms with Crippen LogP contribution in [0.1, 0.15) is 47.0 Å². The highest BCUT2D eigenvalue weighted by atomic mass is 16.6. The third-order valence-electron chi connectivity index (χ3n) is 3.70. The molecule has 0 bridgehead atoms. The van der Waals surface area contributed by atoms with Gasteiger partial charge in [0.25, 0.3) is 0 Å². The SMILES string of the molecule is CC1(C)CCCC(C)(C)N1B1OCCO1. The Labute approximate surface area is 93.3 Å². The van der Waals surface area contributed by atoms with Crippen LogP contribution in [0, 0.1) is 0 Å². The van der Waals surface area contributed by atoms with E-state index in [-0.39, 0.29) is 18.3 Å². The first-order valence-electron chi connectivity index (χ1n) is 5.96. The minimum absolute atomic E-state index is 0.129. The Kier molecular flexibility index (Phi) is 2.86. The Morgan fingerprint density at radius 2 is 1.40 bits per heavy atom. The van der Waals surface area contributed by atoms with Gasteiger partial charge in [0.2, 0.25) is 0 Å². The summed E-state index contributed by atoms with van der Waals surface area (Å²) in [5.74, 6) is 0. The first-order valence-corrected chi connectivity index (χ1v) is 5.96. The van der Waals surface area contributed by atoms with Crippen LogP contribution in [0.15, 0.2) is 0 Å². The van der Waals surface area contributed by atoms with Gasteiger partial charge in [-0.1, -0.05) is 0 Å². The Bertz CT molecular complexity index is 221. The fourth-order valence-electron chi connectivity index (χ4n) is 3.08. The van der Waals surface area contributed by atoms with Crippen LogP contribution in [-0.4, -0.2) is 36.4 Å². The molecular weight excluding hydrogens is 189 g/mol. The lowest BCUT2D eigenvalue weighted by Crippen LogP contribution is -2.65. The summed E-state index contributed by atoms with van der Waals surface area (Å²) in [6, 6.07) is 0. The van der Waals surface area contributed by atoms with E-state index < -0.39 is 0 Å². The standard InChI is InChI=1S/C11H22BNO2/c1-10(2)6-5-7-11(3,4)13(10)12-14-8-9-15-12/h5-9H2,1-4H3. The van der Waals surface area contributed by atoms with Gasteiger partial charge in [-0.3, -0.25) is 4.81 Å². The van der Waals surface area contributed by atoms with E-state index in [1.165, 1.54) is 19.3 Å². The summed E-state index contributed by atoms with van der Waals surface area (Å²) >= 11 is 0. The minimum Gasteiger partial charge on any atom is -0.395 e. The molecule has 86 valence electrons. The molecule has 3 nitrogen and oxygen atoms in total. The molecule has 2 aliphatic rings. The van der Waals surface area contributed by atoms with Gasteiger partial charge in [0, 0.05) is 11.1 Å². The molecule has 2 aliphatic heterocycles. The first-order chi connectivity index (χ1) is 6.93. The number of hydrogen-bond acceptors (Lipinski definition) is 3. The Hall–Kier alpha value is -0.0551. The largest absolute Gasteiger partial charge is 0.558 e. The first kappa shape index (κ1) is 11.4. The van der Waals surface area contributed by atoms with Gasteiger partial charge in [-0.25, -0.2) is 0 Å². The van der Waals surface area contributed by atoms with E-state index in [1.807, 2.05) is 0 Å². The summed E-state index contributed by atoms with van der Waals surface area (Å²) in [4.78, 5) is 2.41. The fourth-order valence-corrected chi connectivity index (χ4v) is 3.08. The van der Waals surface area contributed by atoms with E-state index in [1.54, 1.807) is 0 Å². The molecule has 15 heavy (non-hydrogen) atoms. The van der Waals surface area contributed by atoms with E-state index >= 15 is 0 Å². The Balaban J connectivity index is 2.21. The van der Waals surface area contributed by atoms with Crippen molar-refractivity contribution in [1.29, 1.82) is 0 Å². The highest BCUT2D eigenvalue weighted by Crippen LogP contribution is 2.39. The molecule has 0 spiro atoms. The predicted molar refractivity (Wildman–Crippen MR) is 61.5 cm³/mol. The summed E-state index contributed by atoms with van der Waals surface area (Å²) < 4.78 is 11.3. The quantitative estimate of drug-likeness (QED) is 0.619. The zero-order valence-corrected chi connectivity index (χ0v) is 10.4. The molecule has 0 unspecified atom stereocenters. The fraction of sp³-hybridized carbons (Fsp3) is 1.00. The summed E-state index contributed by atoms with van der Waals surface area (Å²) in [6.07, 6.45) is 3.74. The molecular formula is C11H22BNO2. The second-order valence-electron chi connectivity index (χ2n) is 5.90. The molecule has 2 heterocycles. The maximum Gasteiger partial charge on any atom is 0.558 e. The lowest BCUT2D eigenvalue weighted by Gasteiger charge is -2.53. The van der Waals surface area contributed by atoms with E-state index in [0.29, 0.717) is 0 Å². The molecule has 0 N–H and O–H groups in total. The Morgan fingerprint density at radius 1 is 0.933 bits per heavy atom. The maximum absolute atomic E-state index is 5.67. The summed E-state index contributed by atoms with van der Waals surface area (Å²) in [5.41, 5.74) is 0.355. The molecule has 0 aromatic heterocycles. The van der Waals surface area contributed by atoms with Gasteiger partial charge in [0.1, 0.15) is 0 Å². The van der Waals surface area contributed by atoms with Crippen LogP contribution in [0.2, 0.25) is 0 Å². The van der Waals surface area contributed by atoms with Gasteiger partial charge in [0.15, 0.2) is 0 Å². The van der Waals surface area contributed by atoms with Crippen LogP contribution >= 0.6 is 0 Å². The second-order valence-corrected chi connectivity index (χ2v) is 5.90. The van der Waals surface area contributed by atoms with E-state index in [0.717, 1.165) is 13.2 Å². The van der Waals surface area contributed by atoms with Crippen molar-refractivity contribution in [2.24, 2.45) is 0 Å². The van der Waals surface area contributed by atoms with Gasteiger partial charge >= 0.3 is 7.25 Å². The van der Waals surface area contributed by atoms with Crippen LogP contribution < -0.4 is 0 Å². The zero-order valence-electron chi connectivity index (χ0n) is 10.4. The van der Waals surface area contributed by atoms with Gasteiger partial charge in [-0.05, 0) is 47.0 Å². The summed E-state index contributed by atoms with van der Waals surface area (Å²) in [5, 5.41) is 0. The van der Waals surface area contributed by atoms with Crippen LogP contribution in [-0.2, 0) is 9.31 Å². The average Bonchev–Trinajstić information content (AvgIpc) is 2.53. The molecule has 0 aromatic rings. The third-order valence-corrected chi connectivity index (χ3v) is 3.70. The van der Waals surface area contributed by atoms with E-state index in [4.69, 9.17) is 9.31 Å². The topological polar surface area (TPSA) is 21.7 Å². The van der Waals surface area contributed by atoms with Crippen LogP contribution in [0.25, 0.3) is 0 Å². The molecule has 0 aromatic carbocycles. The lowest BCUT2D eigenvalue weighted by atomic mass is 9.74. The predicted octanol–water partition coefficient (Wildman–Crippen LogP) is 2.06. The van der Waals surface area contributed by atoms with Gasteiger partial charge in [-0.15, -0.1) is 0 Å². The lowest BCUT2D eigenvalue weighted by molar-refractivity contribution is 0.0167. The van der Waals surface area contributed by atoms with Crippen LogP contribution in [0.4, 0.5) is 0 Å². The van der Waals surface area contributed by atoms with Crippen molar-refractivity contribution in [3.8, 4) is 0 Å². The number of piperidine rings is 1. The molecule has 0 saturated carbocycles. The van der Waals surface area contributed by atoms with Crippen LogP contribution in [0.3, 0.4) is 0 Å². The normalized spacial score (nSPS) is 30.8.